The summed E-state index contributed by atoms with van der Waals surface area (Å²) in [6.07, 6.45) is -15.3. The SMILES string of the molecule is CC(CBr)(OC(C(F)(F)F)C(F)(F)F)c1ccccc1F. The molecule has 0 aliphatic carbocycles. The van der Waals surface area contributed by atoms with E-state index >= 15 is 0 Å². The van der Waals surface area contributed by atoms with Crippen LogP contribution in [0.3, 0.4) is 0 Å². The number of hydrogen-bond acceptors (Lipinski definition) is 1. The van der Waals surface area contributed by atoms with Crippen LogP contribution in [0.15, 0.2) is 24.3 Å². The number of ether oxygens (including phenoxy) is 1. The Labute approximate surface area is 124 Å². The first-order valence-corrected chi connectivity index (χ1v) is 6.66. The van der Waals surface area contributed by atoms with Crippen molar-refractivity contribution in [2.24, 2.45) is 0 Å². The maximum absolute atomic E-state index is 13.7. The summed E-state index contributed by atoms with van der Waals surface area (Å²) in [7, 11) is 0. The van der Waals surface area contributed by atoms with E-state index in [0.29, 0.717) is 0 Å². The summed E-state index contributed by atoms with van der Waals surface area (Å²) in [5.74, 6) is -0.956. The predicted octanol–water partition coefficient (Wildman–Crippen LogP) is 4.95. The Morgan fingerprint density at radius 3 is 1.90 bits per heavy atom. The van der Waals surface area contributed by atoms with E-state index in [9.17, 15) is 30.7 Å². The zero-order valence-corrected chi connectivity index (χ0v) is 12.1. The molecule has 0 aliphatic heterocycles. The van der Waals surface area contributed by atoms with Crippen LogP contribution >= 0.6 is 15.9 Å². The average molecular weight is 383 g/mol. The minimum Gasteiger partial charge on any atom is -0.349 e. The van der Waals surface area contributed by atoms with Crippen molar-refractivity contribution in [3.8, 4) is 0 Å². The maximum Gasteiger partial charge on any atom is 0.423 e. The van der Waals surface area contributed by atoms with Gasteiger partial charge in [-0.2, -0.15) is 26.3 Å². The Morgan fingerprint density at radius 2 is 1.52 bits per heavy atom. The third-order valence-electron chi connectivity index (χ3n) is 2.67. The minimum atomic E-state index is -5.66. The lowest BCUT2D eigenvalue weighted by Gasteiger charge is -2.35. The van der Waals surface area contributed by atoms with Gasteiger partial charge in [-0.25, -0.2) is 4.39 Å². The van der Waals surface area contributed by atoms with Gasteiger partial charge in [0.2, 0.25) is 6.10 Å². The van der Waals surface area contributed by atoms with E-state index < -0.39 is 40.8 Å². The molecular weight excluding hydrogens is 373 g/mol. The van der Waals surface area contributed by atoms with Gasteiger partial charge in [-0.1, -0.05) is 34.1 Å². The van der Waals surface area contributed by atoms with Crippen molar-refractivity contribution >= 4 is 15.9 Å². The summed E-state index contributed by atoms with van der Waals surface area (Å²) in [5, 5.41) is -0.455. The van der Waals surface area contributed by atoms with E-state index in [-0.39, 0.29) is 0 Å². The first-order valence-electron chi connectivity index (χ1n) is 5.54. The van der Waals surface area contributed by atoms with Gasteiger partial charge in [-0.3, -0.25) is 0 Å². The van der Waals surface area contributed by atoms with Crippen molar-refractivity contribution in [1.29, 1.82) is 0 Å². The highest BCUT2D eigenvalue weighted by molar-refractivity contribution is 9.09. The van der Waals surface area contributed by atoms with Gasteiger partial charge >= 0.3 is 12.4 Å². The van der Waals surface area contributed by atoms with E-state index in [0.717, 1.165) is 19.1 Å². The summed E-state index contributed by atoms with van der Waals surface area (Å²) < 4.78 is 93.2. The molecule has 0 aromatic heterocycles. The van der Waals surface area contributed by atoms with E-state index in [2.05, 4.69) is 20.7 Å². The van der Waals surface area contributed by atoms with E-state index in [1.54, 1.807) is 0 Å². The van der Waals surface area contributed by atoms with Crippen LogP contribution in [0.2, 0.25) is 0 Å². The monoisotopic (exact) mass is 382 g/mol. The van der Waals surface area contributed by atoms with Crippen LogP contribution in [0.1, 0.15) is 12.5 Å². The van der Waals surface area contributed by atoms with Gasteiger partial charge in [0, 0.05) is 10.9 Å². The zero-order valence-electron chi connectivity index (χ0n) is 10.5. The molecule has 0 fully saturated rings. The van der Waals surface area contributed by atoms with E-state index in [1.165, 1.54) is 12.1 Å². The highest BCUT2D eigenvalue weighted by Gasteiger charge is 2.60. The third kappa shape index (κ3) is 4.32. The molecule has 0 radical (unpaired) electrons. The number of alkyl halides is 7. The smallest absolute Gasteiger partial charge is 0.349 e. The Bertz CT molecular complexity index is 471. The van der Waals surface area contributed by atoms with Crippen LogP contribution in [0.25, 0.3) is 0 Å². The highest BCUT2D eigenvalue weighted by atomic mass is 79.9. The molecule has 0 bridgehead atoms. The largest absolute Gasteiger partial charge is 0.423 e. The van der Waals surface area contributed by atoms with Crippen molar-refractivity contribution in [3.63, 3.8) is 0 Å². The van der Waals surface area contributed by atoms with Crippen molar-refractivity contribution in [1.82, 2.24) is 0 Å². The third-order valence-corrected chi connectivity index (χ3v) is 3.74. The first kappa shape index (κ1) is 18.2. The quantitative estimate of drug-likeness (QED) is 0.529. The lowest BCUT2D eigenvalue weighted by atomic mass is 9.97. The molecule has 0 spiro atoms. The molecule has 0 amide bonds. The van der Waals surface area contributed by atoms with Gasteiger partial charge < -0.3 is 4.74 Å². The lowest BCUT2D eigenvalue weighted by Crippen LogP contribution is -2.49. The fourth-order valence-corrected chi connectivity index (χ4v) is 2.07. The number of rotatable bonds is 4. The molecular formula is C12H10BrF7O. The van der Waals surface area contributed by atoms with Crippen LogP contribution < -0.4 is 0 Å². The summed E-state index contributed by atoms with van der Waals surface area (Å²) >= 11 is 2.78. The molecule has 1 rings (SSSR count). The fraction of sp³-hybridized carbons (Fsp3) is 0.500. The standard InChI is InChI=1S/C12H10BrF7O/c1-10(6-13,7-4-2-3-5-8(7)14)21-9(11(15,16)17)12(18,19)20/h2-5,9H,6H2,1H3. The lowest BCUT2D eigenvalue weighted by molar-refractivity contribution is -0.342. The second-order valence-electron chi connectivity index (χ2n) is 4.43. The van der Waals surface area contributed by atoms with Crippen molar-refractivity contribution in [2.75, 3.05) is 5.33 Å². The normalized spacial score (nSPS) is 16.1. The Morgan fingerprint density at radius 1 is 1.05 bits per heavy atom. The second kappa shape index (κ2) is 6.12. The Balaban J connectivity index is 3.24. The number of hydrogen-bond donors (Lipinski definition) is 0. The number of benzene rings is 1. The molecule has 1 aromatic carbocycles. The number of halogens is 8. The molecule has 1 aromatic rings. The van der Waals surface area contributed by atoms with Gasteiger partial charge in [0.15, 0.2) is 0 Å². The predicted molar refractivity (Wildman–Crippen MR) is 64.5 cm³/mol. The average Bonchev–Trinajstić information content (AvgIpc) is 2.33. The van der Waals surface area contributed by atoms with Gasteiger partial charge in [0.25, 0.3) is 0 Å². The Kier molecular flexibility index (Phi) is 5.31. The summed E-state index contributed by atoms with van der Waals surface area (Å²) in [6.45, 7) is 0.949. The van der Waals surface area contributed by atoms with Crippen molar-refractivity contribution < 1.29 is 35.5 Å². The minimum absolute atomic E-state index is 0.402. The van der Waals surface area contributed by atoms with Crippen LogP contribution in [0, 0.1) is 5.82 Å². The van der Waals surface area contributed by atoms with E-state index in [1.807, 2.05) is 0 Å². The summed E-state index contributed by atoms with van der Waals surface area (Å²) in [4.78, 5) is 0. The summed E-state index contributed by atoms with van der Waals surface area (Å²) in [5.41, 5.74) is -2.54. The molecule has 0 N–H and O–H groups in total. The van der Waals surface area contributed by atoms with Crippen molar-refractivity contribution in [3.05, 3.63) is 35.6 Å². The van der Waals surface area contributed by atoms with Crippen molar-refractivity contribution in [2.45, 2.75) is 31.0 Å². The van der Waals surface area contributed by atoms with E-state index in [4.69, 9.17) is 0 Å². The molecule has 1 unspecified atom stereocenters. The molecule has 21 heavy (non-hydrogen) atoms. The molecule has 1 atom stereocenters. The second-order valence-corrected chi connectivity index (χ2v) is 4.99. The van der Waals surface area contributed by atoms with Crippen LogP contribution in [0.5, 0.6) is 0 Å². The van der Waals surface area contributed by atoms with Gasteiger partial charge in [-0.15, -0.1) is 0 Å². The zero-order chi connectivity index (χ0) is 16.5. The molecule has 9 heteroatoms. The van der Waals surface area contributed by atoms with Crippen LogP contribution in [-0.4, -0.2) is 23.8 Å². The van der Waals surface area contributed by atoms with Crippen LogP contribution in [0.4, 0.5) is 30.7 Å². The van der Waals surface area contributed by atoms with Gasteiger partial charge in [0.1, 0.15) is 11.4 Å². The van der Waals surface area contributed by atoms with Crippen LogP contribution in [-0.2, 0) is 10.3 Å². The Hall–Kier alpha value is -0.830. The summed E-state index contributed by atoms with van der Waals surface area (Å²) in [6, 6.07) is 4.55. The van der Waals surface area contributed by atoms with Gasteiger partial charge in [0.05, 0.1) is 0 Å². The maximum atomic E-state index is 13.7. The molecule has 0 heterocycles. The topological polar surface area (TPSA) is 9.23 Å². The molecule has 0 aliphatic rings. The van der Waals surface area contributed by atoms with Gasteiger partial charge in [-0.05, 0) is 13.0 Å². The molecule has 0 saturated carbocycles. The molecule has 0 saturated heterocycles. The first-order chi connectivity index (χ1) is 9.42. The molecule has 120 valence electrons. The highest BCUT2D eigenvalue weighted by Crippen LogP contribution is 2.41. The molecule has 1 nitrogen and oxygen atoms in total. The fourth-order valence-electron chi connectivity index (χ4n) is 1.64.